The van der Waals surface area contributed by atoms with Crippen LogP contribution in [0.2, 0.25) is 0 Å². The van der Waals surface area contributed by atoms with Gasteiger partial charge in [0.1, 0.15) is 0 Å². The van der Waals surface area contributed by atoms with Gasteiger partial charge in [-0.2, -0.15) is 0 Å². The molecular weight excluding hydrogens is 466 g/mol. The lowest BCUT2D eigenvalue weighted by molar-refractivity contribution is 0.0863. The first-order chi connectivity index (χ1) is 15.0. The predicted molar refractivity (Wildman–Crippen MR) is 121 cm³/mol. The van der Waals surface area contributed by atoms with Crippen molar-refractivity contribution in [2.45, 2.75) is 25.8 Å². The highest BCUT2D eigenvalue weighted by Gasteiger charge is 2.34. The van der Waals surface area contributed by atoms with Crippen LogP contribution in [0.25, 0.3) is 0 Å². The van der Waals surface area contributed by atoms with E-state index in [1.807, 2.05) is 31.2 Å². The van der Waals surface area contributed by atoms with Crippen molar-refractivity contribution in [1.82, 2.24) is 4.90 Å². The topological polar surface area (TPSA) is 66.5 Å². The zero-order valence-electron chi connectivity index (χ0n) is 18.5. The number of halogens is 1. The van der Waals surface area contributed by atoms with E-state index < -0.39 is 0 Å². The van der Waals surface area contributed by atoms with Crippen LogP contribution < -0.4 is 18.9 Å². The molecule has 0 N–H and O–H groups in total. The monoisotopic (exact) mass is 493 g/mol. The normalized spacial score (nSPS) is 15.2. The minimum atomic E-state index is -0.329. The number of nitrogens with zero attached hydrogens (tertiary/aromatic N) is 1. The molecular formula is C23H28BrNO6. The van der Waals surface area contributed by atoms with Crippen molar-refractivity contribution in [2.24, 2.45) is 0 Å². The van der Waals surface area contributed by atoms with Crippen molar-refractivity contribution >= 4 is 22.0 Å². The van der Waals surface area contributed by atoms with E-state index in [-0.39, 0.29) is 12.1 Å². The Morgan fingerprint density at radius 2 is 1.71 bits per heavy atom. The smallest absolute Gasteiger partial charge is 0.410 e. The number of hydrogen-bond acceptors (Lipinski definition) is 6. The summed E-state index contributed by atoms with van der Waals surface area (Å²) in [7, 11) is 6.43. The molecule has 168 valence electrons. The zero-order chi connectivity index (χ0) is 22.5. The highest BCUT2D eigenvalue weighted by atomic mass is 79.9. The van der Waals surface area contributed by atoms with Gasteiger partial charge in [0.05, 0.1) is 45.6 Å². The second-order valence-corrected chi connectivity index (χ2v) is 7.84. The fraction of sp³-hybridized carbons (Fsp3) is 0.435. The molecule has 8 heteroatoms. The molecule has 1 aliphatic rings. The summed E-state index contributed by atoms with van der Waals surface area (Å²) in [4.78, 5) is 14.6. The van der Waals surface area contributed by atoms with E-state index in [0.717, 1.165) is 21.2 Å². The summed E-state index contributed by atoms with van der Waals surface area (Å²) in [6, 6.07) is 7.55. The Morgan fingerprint density at radius 1 is 1.03 bits per heavy atom. The van der Waals surface area contributed by atoms with Crippen LogP contribution in [0.1, 0.15) is 29.7 Å². The minimum Gasteiger partial charge on any atom is -0.493 e. The fourth-order valence-corrected chi connectivity index (χ4v) is 4.62. The lowest BCUT2D eigenvalue weighted by Crippen LogP contribution is -2.41. The van der Waals surface area contributed by atoms with Gasteiger partial charge in [-0.05, 0) is 70.6 Å². The molecule has 0 saturated carbocycles. The number of fused-ring (bicyclic) bond motifs is 1. The van der Waals surface area contributed by atoms with Crippen molar-refractivity contribution in [3.05, 3.63) is 45.4 Å². The first-order valence-electron chi connectivity index (χ1n) is 10.1. The highest BCUT2D eigenvalue weighted by Crippen LogP contribution is 2.43. The Morgan fingerprint density at radius 3 is 2.32 bits per heavy atom. The van der Waals surface area contributed by atoms with E-state index in [1.165, 1.54) is 0 Å². The van der Waals surface area contributed by atoms with E-state index in [1.54, 1.807) is 33.3 Å². The summed E-state index contributed by atoms with van der Waals surface area (Å²) in [5.74, 6) is 2.56. The molecule has 1 unspecified atom stereocenters. The molecule has 0 bridgehead atoms. The van der Waals surface area contributed by atoms with Crippen molar-refractivity contribution in [3.63, 3.8) is 0 Å². The molecule has 0 saturated heterocycles. The molecule has 7 nitrogen and oxygen atoms in total. The van der Waals surface area contributed by atoms with Gasteiger partial charge in [0.25, 0.3) is 0 Å². The maximum absolute atomic E-state index is 12.8. The largest absolute Gasteiger partial charge is 0.493 e. The molecule has 3 rings (SSSR count). The summed E-state index contributed by atoms with van der Waals surface area (Å²) in [5.41, 5.74) is 3.12. The highest BCUT2D eigenvalue weighted by molar-refractivity contribution is 9.10. The summed E-state index contributed by atoms with van der Waals surface area (Å²) in [5, 5.41) is 0. The van der Waals surface area contributed by atoms with Crippen LogP contribution in [-0.2, 0) is 17.6 Å². The molecule has 1 atom stereocenters. The van der Waals surface area contributed by atoms with Crippen LogP contribution in [-0.4, -0.2) is 52.6 Å². The molecule has 31 heavy (non-hydrogen) atoms. The maximum Gasteiger partial charge on any atom is 0.410 e. The first kappa shape index (κ1) is 23.1. The Labute approximate surface area is 191 Å². The summed E-state index contributed by atoms with van der Waals surface area (Å²) >= 11 is 3.65. The van der Waals surface area contributed by atoms with Crippen LogP contribution in [0.4, 0.5) is 4.79 Å². The summed E-state index contributed by atoms with van der Waals surface area (Å²) in [6.45, 7) is 2.68. The van der Waals surface area contributed by atoms with E-state index in [4.69, 9.17) is 23.7 Å². The third kappa shape index (κ3) is 4.54. The Kier molecular flexibility index (Phi) is 7.54. The lowest BCUT2D eigenvalue weighted by Gasteiger charge is -2.37. The summed E-state index contributed by atoms with van der Waals surface area (Å²) < 4.78 is 28.1. The average Bonchev–Trinajstić information content (AvgIpc) is 2.79. The van der Waals surface area contributed by atoms with Gasteiger partial charge in [-0.25, -0.2) is 4.79 Å². The van der Waals surface area contributed by atoms with Crippen LogP contribution in [0.3, 0.4) is 0 Å². The number of ether oxygens (including phenoxy) is 5. The SMILES string of the molecule is CCOC(=O)N1CCc2cc(OC)c(OC)cc2C1Cc1ccc(OC)c(OC)c1Br. The van der Waals surface area contributed by atoms with Gasteiger partial charge in [-0.15, -0.1) is 0 Å². The first-order valence-corrected chi connectivity index (χ1v) is 10.9. The van der Waals surface area contributed by atoms with Crippen LogP contribution in [0, 0.1) is 0 Å². The van der Waals surface area contributed by atoms with Crippen LogP contribution >= 0.6 is 15.9 Å². The molecule has 0 spiro atoms. The van der Waals surface area contributed by atoms with E-state index in [9.17, 15) is 4.79 Å². The second-order valence-electron chi connectivity index (χ2n) is 7.04. The molecule has 1 amide bonds. The van der Waals surface area contributed by atoms with Gasteiger partial charge in [0, 0.05) is 6.54 Å². The molecule has 2 aromatic rings. The zero-order valence-corrected chi connectivity index (χ0v) is 20.1. The van der Waals surface area contributed by atoms with Crippen molar-refractivity contribution in [3.8, 4) is 23.0 Å². The number of amides is 1. The Hall–Kier alpha value is -2.61. The molecule has 1 heterocycles. The number of rotatable bonds is 7. The predicted octanol–water partition coefficient (Wildman–Crippen LogP) is 4.78. The van der Waals surface area contributed by atoms with E-state index in [0.29, 0.717) is 49.0 Å². The quantitative estimate of drug-likeness (QED) is 0.552. The number of carbonyl (C=O) groups is 1. The van der Waals surface area contributed by atoms with Crippen molar-refractivity contribution in [2.75, 3.05) is 41.6 Å². The standard InChI is InChI=1S/C23H28BrNO6/c1-6-31-23(26)25-10-9-14-12-19(28-3)20(29-4)13-16(14)17(25)11-15-7-8-18(27-2)22(30-5)21(15)24/h7-8,12-13,17H,6,9-11H2,1-5H3. The lowest BCUT2D eigenvalue weighted by atomic mass is 9.88. The molecule has 0 radical (unpaired) electrons. The second kappa shape index (κ2) is 10.1. The number of carbonyl (C=O) groups excluding carboxylic acids is 1. The summed E-state index contributed by atoms with van der Waals surface area (Å²) in [6.07, 6.45) is 0.935. The Bertz CT molecular complexity index is 948. The Balaban J connectivity index is 2.09. The molecule has 0 aliphatic carbocycles. The van der Waals surface area contributed by atoms with Crippen molar-refractivity contribution in [1.29, 1.82) is 0 Å². The van der Waals surface area contributed by atoms with Gasteiger partial charge in [0.15, 0.2) is 23.0 Å². The van der Waals surface area contributed by atoms with Crippen molar-refractivity contribution < 1.29 is 28.5 Å². The average molecular weight is 494 g/mol. The van der Waals surface area contributed by atoms with E-state index >= 15 is 0 Å². The van der Waals surface area contributed by atoms with Gasteiger partial charge >= 0.3 is 6.09 Å². The fourth-order valence-electron chi connectivity index (χ4n) is 3.97. The maximum atomic E-state index is 12.8. The number of benzene rings is 2. The van der Waals surface area contributed by atoms with Gasteiger partial charge in [-0.1, -0.05) is 6.07 Å². The minimum absolute atomic E-state index is 0.239. The molecule has 2 aromatic carbocycles. The third-order valence-electron chi connectivity index (χ3n) is 5.48. The van der Waals surface area contributed by atoms with Crippen LogP contribution in [0.15, 0.2) is 28.7 Å². The van der Waals surface area contributed by atoms with Crippen LogP contribution in [0.5, 0.6) is 23.0 Å². The third-order valence-corrected chi connectivity index (χ3v) is 6.35. The van der Waals surface area contributed by atoms with Gasteiger partial charge < -0.3 is 28.6 Å². The van der Waals surface area contributed by atoms with Gasteiger partial charge in [-0.3, -0.25) is 0 Å². The number of hydrogen-bond donors (Lipinski definition) is 0. The number of methoxy groups -OCH3 is 4. The van der Waals surface area contributed by atoms with Gasteiger partial charge in [0.2, 0.25) is 0 Å². The van der Waals surface area contributed by atoms with E-state index in [2.05, 4.69) is 15.9 Å². The molecule has 0 fully saturated rings. The molecule has 1 aliphatic heterocycles. The molecule has 0 aromatic heterocycles.